The quantitative estimate of drug-likeness (QED) is 0.753. The molecule has 0 aliphatic rings. The van der Waals surface area contributed by atoms with Gasteiger partial charge in [-0.2, -0.15) is 0 Å². The molecule has 3 aromatic rings. The Morgan fingerprint density at radius 2 is 1.79 bits per heavy atom. The second-order valence-corrected chi connectivity index (χ2v) is 5.88. The van der Waals surface area contributed by atoms with E-state index in [4.69, 9.17) is 5.73 Å². The van der Waals surface area contributed by atoms with Gasteiger partial charge in [-0.3, -0.25) is 4.90 Å². The molecule has 1 heterocycles. The van der Waals surface area contributed by atoms with E-state index in [1.54, 1.807) is 6.07 Å². The van der Waals surface area contributed by atoms with Gasteiger partial charge in [-0.15, -0.1) is 0 Å². The highest BCUT2D eigenvalue weighted by molar-refractivity contribution is 5.92. The van der Waals surface area contributed by atoms with E-state index in [-0.39, 0.29) is 5.82 Å². The van der Waals surface area contributed by atoms with Crippen LogP contribution in [-0.2, 0) is 6.54 Å². The predicted octanol–water partition coefficient (Wildman–Crippen LogP) is 4.46. The van der Waals surface area contributed by atoms with E-state index in [1.165, 1.54) is 6.07 Å². The zero-order valence-corrected chi connectivity index (χ0v) is 14.1. The third kappa shape index (κ3) is 3.24. The zero-order chi connectivity index (χ0) is 17.1. The number of nitrogen functional groups attached to an aromatic ring is 1. The molecule has 0 atom stereocenters. The number of nitrogens with two attached hydrogens (primary N) is 1. The second-order valence-electron chi connectivity index (χ2n) is 5.88. The Labute approximate surface area is 141 Å². The Morgan fingerprint density at radius 1 is 1.04 bits per heavy atom. The molecule has 4 heteroatoms. The van der Waals surface area contributed by atoms with Crippen LogP contribution in [0, 0.1) is 5.82 Å². The highest BCUT2D eigenvalue weighted by atomic mass is 19.1. The molecule has 0 aliphatic heterocycles. The van der Waals surface area contributed by atoms with Crippen LogP contribution < -0.4 is 5.73 Å². The van der Waals surface area contributed by atoms with Gasteiger partial charge >= 0.3 is 0 Å². The third-order valence-electron chi connectivity index (χ3n) is 4.38. The van der Waals surface area contributed by atoms with Gasteiger partial charge in [0.2, 0.25) is 0 Å². The van der Waals surface area contributed by atoms with E-state index < -0.39 is 0 Å². The minimum Gasteiger partial charge on any atom is -0.398 e. The van der Waals surface area contributed by atoms with Crippen molar-refractivity contribution in [3.05, 3.63) is 59.9 Å². The van der Waals surface area contributed by atoms with Crippen LogP contribution in [0.3, 0.4) is 0 Å². The number of fused-ring (bicyclic) bond motifs is 1. The summed E-state index contributed by atoms with van der Waals surface area (Å²) in [6, 6.07) is 14.8. The first kappa shape index (κ1) is 16.4. The summed E-state index contributed by atoms with van der Waals surface area (Å²) in [6.45, 7) is 6.53. The van der Waals surface area contributed by atoms with Crippen molar-refractivity contribution in [3.63, 3.8) is 0 Å². The van der Waals surface area contributed by atoms with Gasteiger partial charge < -0.3 is 5.73 Å². The number of aromatic nitrogens is 1. The summed E-state index contributed by atoms with van der Waals surface area (Å²) in [5.41, 5.74) is 10.0. The molecule has 0 spiro atoms. The lowest BCUT2D eigenvalue weighted by Gasteiger charge is -2.19. The van der Waals surface area contributed by atoms with Gasteiger partial charge in [0.25, 0.3) is 0 Å². The van der Waals surface area contributed by atoms with Crippen LogP contribution >= 0.6 is 0 Å². The molecule has 0 amide bonds. The molecule has 3 nitrogen and oxygen atoms in total. The minimum atomic E-state index is -0.181. The number of anilines is 1. The number of hydrogen-bond acceptors (Lipinski definition) is 3. The number of halogens is 1. The maximum atomic E-state index is 14.2. The Hall–Kier alpha value is -2.46. The molecule has 0 aliphatic carbocycles. The van der Waals surface area contributed by atoms with E-state index in [0.29, 0.717) is 17.8 Å². The second kappa shape index (κ2) is 6.97. The molecule has 1 aromatic heterocycles. The summed E-state index contributed by atoms with van der Waals surface area (Å²) in [4.78, 5) is 6.87. The van der Waals surface area contributed by atoms with Crippen molar-refractivity contribution in [1.82, 2.24) is 9.88 Å². The fraction of sp³-hybridized carbons (Fsp3) is 0.250. The van der Waals surface area contributed by atoms with Crippen LogP contribution in [0.2, 0.25) is 0 Å². The van der Waals surface area contributed by atoms with Gasteiger partial charge in [0.05, 0.1) is 11.2 Å². The van der Waals surface area contributed by atoms with Gasteiger partial charge in [-0.1, -0.05) is 32.0 Å². The average Bonchev–Trinajstić information content (AvgIpc) is 2.61. The van der Waals surface area contributed by atoms with Crippen molar-refractivity contribution < 1.29 is 4.39 Å². The number of hydrogen-bond donors (Lipinski definition) is 1. The normalized spacial score (nSPS) is 11.3. The molecule has 24 heavy (non-hydrogen) atoms. The minimum absolute atomic E-state index is 0.181. The number of pyridine rings is 1. The largest absolute Gasteiger partial charge is 0.398 e. The highest BCUT2D eigenvalue weighted by Crippen LogP contribution is 2.27. The van der Waals surface area contributed by atoms with E-state index in [0.717, 1.165) is 35.2 Å². The molecule has 3 rings (SSSR count). The fourth-order valence-corrected chi connectivity index (χ4v) is 2.89. The topological polar surface area (TPSA) is 42.1 Å². The molecule has 2 aromatic carbocycles. The average molecular weight is 323 g/mol. The maximum Gasteiger partial charge on any atom is 0.127 e. The summed E-state index contributed by atoms with van der Waals surface area (Å²) in [5, 5.41) is 0.937. The molecule has 0 radical (unpaired) electrons. The van der Waals surface area contributed by atoms with Crippen LogP contribution in [0.15, 0.2) is 48.5 Å². The number of nitrogens with zero attached hydrogens (tertiary/aromatic N) is 2. The smallest absolute Gasteiger partial charge is 0.127 e. The van der Waals surface area contributed by atoms with Gasteiger partial charge in [-0.25, -0.2) is 9.37 Å². The number of benzene rings is 2. The Bertz CT molecular complexity index is 857. The number of para-hydroxylation sites is 1. The molecule has 0 saturated heterocycles. The van der Waals surface area contributed by atoms with Crippen molar-refractivity contribution >= 4 is 16.6 Å². The predicted molar refractivity (Wildman–Crippen MR) is 98.2 cm³/mol. The van der Waals surface area contributed by atoms with Gasteiger partial charge in [0.15, 0.2) is 0 Å². The lowest BCUT2D eigenvalue weighted by atomic mass is 10.0. The molecule has 0 unspecified atom stereocenters. The summed E-state index contributed by atoms with van der Waals surface area (Å²) >= 11 is 0. The number of rotatable bonds is 5. The molecule has 2 N–H and O–H groups in total. The van der Waals surface area contributed by atoms with E-state index in [1.807, 2.05) is 36.4 Å². The Morgan fingerprint density at radius 3 is 2.54 bits per heavy atom. The van der Waals surface area contributed by atoms with Crippen LogP contribution in [0.25, 0.3) is 22.2 Å². The lowest BCUT2D eigenvalue weighted by molar-refractivity contribution is 0.291. The van der Waals surface area contributed by atoms with Gasteiger partial charge in [0.1, 0.15) is 5.82 Å². The molecule has 0 fully saturated rings. The molecule has 0 bridgehead atoms. The molecule has 0 saturated carbocycles. The van der Waals surface area contributed by atoms with Crippen LogP contribution in [-0.4, -0.2) is 23.0 Å². The SMILES string of the molecule is CCN(CC)Cc1cc(-c2cc(N)c3ccccc3n2)ccc1F. The van der Waals surface area contributed by atoms with Crippen molar-refractivity contribution in [3.8, 4) is 11.3 Å². The van der Waals surface area contributed by atoms with Gasteiger partial charge in [-0.05, 0) is 43.4 Å². The molecular formula is C20H22FN3. The first-order valence-corrected chi connectivity index (χ1v) is 8.28. The van der Waals surface area contributed by atoms with E-state index in [2.05, 4.69) is 23.7 Å². The highest BCUT2D eigenvalue weighted by Gasteiger charge is 2.11. The third-order valence-corrected chi connectivity index (χ3v) is 4.38. The maximum absolute atomic E-state index is 14.2. The lowest BCUT2D eigenvalue weighted by Crippen LogP contribution is -2.22. The van der Waals surface area contributed by atoms with Crippen molar-refractivity contribution in [1.29, 1.82) is 0 Å². The summed E-state index contributed by atoms with van der Waals surface area (Å²) < 4.78 is 14.2. The molecule has 124 valence electrons. The first-order valence-electron chi connectivity index (χ1n) is 8.28. The van der Waals surface area contributed by atoms with E-state index in [9.17, 15) is 4.39 Å². The van der Waals surface area contributed by atoms with Crippen molar-refractivity contribution in [2.24, 2.45) is 0 Å². The Balaban J connectivity index is 2.03. The van der Waals surface area contributed by atoms with Gasteiger partial charge in [0, 0.05) is 28.7 Å². The summed E-state index contributed by atoms with van der Waals surface area (Å²) in [5.74, 6) is -0.181. The standard InChI is InChI=1S/C20H22FN3/c1-3-24(4-2)13-15-11-14(9-10-17(15)21)20-12-18(22)16-7-5-6-8-19(16)23-20/h5-12H,3-4,13H2,1-2H3,(H2,22,23). The fourth-order valence-electron chi connectivity index (χ4n) is 2.89. The van der Waals surface area contributed by atoms with Crippen LogP contribution in [0.5, 0.6) is 0 Å². The van der Waals surface area contributed by atoms with Crippen molar-refractivity contribution in [2.75, 3.05) is 18.8 Å². The Kier molecular flexibility index (Phi) is 4.76. The summed E-state index contributed by atoms with van der Waals surface area (Å²) in [7, 11) is 0. The molecular weight excluding hydrogens is 301 g/mol. The van der Waals surface area contributed by atoms with E-state index >= 15 is 0 Å². The first-order chi connectivity index (χ1) is 11.6. The summed E-state index contributed by atoms with van der Waals surface area (Å²) in [6.07, 6.45) is 0. The van der Waals surface area contributed by atoms with Crippen LogP contribution in [0.4, 0.5) is 10.1 Å². The zero-order valence-electron chi connectivity index (χ0n) is 14.1. The van der Waals surface area contributed by atoms with Crippen molar-refractivity contribution in [2.45, 2.75) is 20.4 Å². The van der Waals surface area contributed by atoms with Crippen LogP contribution in [0.1, 0.15) is 19.4 Å². The monoisotopic (exact) mass is 323 g/mol.